The van der Waals surface area contributed by atoms with Crippen LogP contribution >= 0.6 is 11.6 Å². The van der Waals surface area contributed by atoms with Crippen molar-refractivity contribution in [1.82, 2.24) is 5.32 Å². The molecule has 1 unspecified atom stereocenters. The summed E-state index contributed by atoms with van der Waals surface area (Å²) in [5.74, 6) is -0.323. The van der Waals surface area contributed by atoms with Gasteiger partial charge in [-0.15, -0.1) is 0 Å². The Labute approximate surface area is 233 Å². The third kappa shape index (κ3) is 5.81. The molecule has 0 aromatic heterocycles. The van der Waals surface area contributed by atoms with Crippen molar-refractivity contribution in [3.05, 3.63) is 46.5 Å². The number of benzene rings is 1. The Hall–Kier alpha value is -2.63. The van der Waals surface area contributed by atoms with E-state index in [9.17, 15) is 19.8 Å². The zero-order chi connectivity index (χ0) is 28.7. The molecule has 4 bridgehead atoms. The molecule has 2 fully saturated rings. The molecule has 3 N–H and O–H groups in total. The SMILES string of the molecule is COc1cc2cc(c1Cl)N(C)C(=O)C[C@H](O)[C@]1(C)OC1[C@H](C)[C@@H]1C[C@@](O)(NC(=O)O1)[C@H](OC)/C=C/C=C(/C)C2. The molecule has 3 aliphatic rings. The standard InChI is InChI=1S/C28H37ClN2O8/c1-15-8-7-9-22(37-6)28(35)14-20(38-26(34)30-28)16(2)25-27(3,39-25)21(32)13-23(33)31(4)18-11-17(10-15)12-19(36-5)24(18)29/h7-9,11-12,16,20-22,25,32,35H,10,13-14H2,1-6H3,(H,30,34)/b9-7+,15-8-/t16-,20+,21+,22-,25?,27+,28+/m1/s1. The first-order valence-corrected chi connectivity index (χ1v) is 13.3. The number of ether oxygens (including phenoxy) is 4. The van der Waals surface area contributed by atoms with Gasteiger partial charge < -0.3 is 34.1 Å². The molecule has 214 valence electrons. The predicted molar refractivity (Wildman–Crippen MR) is 145 cm³/mol. The van der Waals surface area contributed by atoms with Gasteiger partial charge in [0.15, 0.2) is 5.72 Å². The minimum atomic E-state index is -1.73. The summed E-state index contributed by atoms with van der Waals surface area (Å²) in [6, 6.07) is 3.63. The van der Waals surface area contributed by atoms with Crippen molar-refractivity contribution in [2.75, 3.05) is 26.2 Å². The first-order chi connectivity index (χ1) is 18.3. The fourth-order valence-corrected chi connectivity index (χ4v) is 5.78. The number of halogens is 1. The van der Waals surface area contributed by atoms with Crippen LogP contribution < -0.4 is 15.0 Å². The van der Waals surface area contributed by atoms with Crippen molar-refractivity contribution >= 4 is 29.3 Å². The number of hydrogen-bond acceptors (Lipinski definition) is 8. The highest BCUT2D eigenvalue weighted by atomic mass is 35.5. The number of rotatable bonds is 2. The second-order valence-corrected chi connectivity index (χ2v) is 11.2. The van der Waals surface area contributed by atoms with Crippen LogP contribution in [0.2, 0.25) is 5.02 Å². The Kier molecular flexibility index (Phi) is 8.35. The maximum absolute atomic E-state index is 13.3. The van der Waals surface area contributed by atoms with Gasteiger partial charge in [0, 0.05) is 26.5 Å². The third-order valence-corrected chi connectivity index (χ3v) is 8.36. The first kappa shape index (κ1) is 29.4. The molecule has 2 saturated heterocycles. The first-order valence-electron chi connectivity index (χ1n) is 12.9. The van der Waals surface area contributed by atoms with Crippen molar-refractivity contribution in [3.63, 3.8) is 0 Å². The summed E-state index contributed by atoms with van der Waals surface area (Å²) in [5.41, 5.74) is -0.479. The van der Waals surface area contributed by atoms with Crippen LogP contribution in [0.1, 0.15) is 39.2 Å². The summed E-state index contributed by atoms with van der Waals surface area (Å²) in [5, 5.41) is 25.3. The molecule has 3 heterocycles. The lowest BCUT2D eigenvalue weighted by Gasteiger charge is -2.42. The number of carbonyl (C=O) groups excluding carboxylic acids is 2. The van der Waals surface area contributed by atoms with Gasteiger partial charge in [-0.1, -0.05) is 42.3 Å². The van der Waals surface area contributed by atoms with E-state index < -0.39 is 47.8 Å². The average Bonchev–Trinajstić information content (AvgIpc) is 3.58. The third-order valence-electron chi connectivity index (χ3n) is 7.98. The predicted octanol–water partition coefficient (Wildman–Crippen LogP) is 3.12. The molecule has 0 saturated carbocycles. The largest absolute Gasteiger partial charge is 0.495 e. The van der Waals surface area contributed by atoms with Crippen LogP contribution in [0.15, 0.2) is 35.9 Å². The highest BCUT2D eigenvalue weighted by molar-refractivity contribution is 6.35. The molecular weight excluding hydrogens is 528 g/mol. The molecule has 39 heavy (non-hydrogen) atoms. The average molecular weight is 565 g/mol. The van der Waals surface area contributed by atoms with E-state index in [0.29, 0.717) is 17.9 Å². The number of nitrogens with one attached hydrogen (secondary N) is 1. The zero-order valence-corrected chi connectivity index (χ0v) is 23.8. The Morgan fingerprint density at radius 2 is 1.97 bits per heavy atom. The summed E-state index contributed by atoms with van der Waals surface area (Å²) in [6.45, 7) is 5.48. The van der Waals surface area contributed by atoms with Gasteiger partial charge >= 0.3 is 6.09 Å². The number of hydrogen-bond donors (Lipinski definition) is 3. The minimum absolute atomic E-state index is 0.0310. The fourth-order valence-electron chi connectivity index (χ4n) is 5.46. The topological polar surface area (TPSA) is 130 Å². The molecule has 0 spiro atoms. The van der Waals surface area contributed by atoms with Crippen molar-refractivity contribution in [3.8, 4) is 5.75 Å². The number of allylic oxidation sites excluding steroid dienone is 3. The van der Waals surface area contributed by atoms with Gasteiger partial charge in [-0.25, -0.2) is 4.79 Å². The number of fused-ring (bicyclic) bond motifs is 5. The number of alkyl carbamates (subject to hydrolysis) is 1. The molecule has 4 rings (SSSR count). The number of nitrogens with zero attached hydrogens (tertiary/aromatic N) is 1. The van der Waals surface area contributed by atoms with Gasteiger partial charge in [0.05, 0.1) is 31.4 Å². The number of methoxy groups -OCH3 is 2. The second kappa shape index (κ2) is 11.1. The normalized spacial score (nSPS) is 37.6. The van der Waals surface area contributed by atoms with Gasteiger partial charge in [0.2, 0.25) is 5.91 Å². The lowest BCUT2D eigenvalue weighted by molar-refractivity contribution is -0.142. The molecule has 1 aromatic carbocycles. The van der Waals surface area contributed by atoms with Crippen molar-refractivity contribution in [2.45, 2.75) is 75.8 Å². The molecule has 7 atom stereocenters. The number of anilines is 1. The molecule has 11 heteroatoms. The van der Waals surface area contributed by atoms with Crippen molar-refractivity contribution < 1.29 is 38.7 Å². The Morgan fingerprint density at radius 1 is 1.26 bits per heavy atom. The van der Waals surface area contributed by atoms with Gasteiger partial charge in [0.25, 0.3) is 0 Å². The van der Waals surface area contributed by atoms with E-state index in [1.807, 2.05) is 32.1 Å². The number of aliphatic hydroxyl groups excluding tert-OH is 1. The van der Waals surface area contributed by atoms with E-state index >= 15 is 0 Å². The smallest absolute Gasteiger partial charge is 0.409 e. The lowest BCUT2D eigenvalue weighted by atomic mass is 9.84. The number of aliphatic hydroxyl groups is 2. The van der Waals surface area contributed by atoms with Crippen molar-refractivity contribution in [1.29, 1.82) is 0 Å². The van der Waals surface area contributed by atoms with Crippen LogP contribution in [-0.2, 0) is 25.4 Å². The van der Waals surface area contributed by atoms with E-state index in [-0.39, 0.29) is 23.8 Å². The number of carbonyl (C=O) groups is 2. The molecule has 0 aliphatic carbocycles. The zero-order valence-electron chi connectivity index (χ0n) is 23.1. The van der Waals surface area contributed by atoms with E-state index in [2.05, 4.69) is 5.32 Å². The maximum Gasteiger partial charge on any atom is 0.409 e. The molecule has 3 aliphatic heterocycles. The Balaban J connectivity index is 1.74. The Morgan fingerprint density at radius 3 is 2.64 bits per heavy atom. The number of epoxide rings is 1. The van der Waals surface area contributed by atoms with Crippen LogP contribution in [0, 0.1) is 5.92 Å². The van der Waals surface area contributed by atoms with E-state index in [4.69, 9.17) is 30.5 Å². The van der Waals surface area contributed by atoms with Gasteiger partial charge in [-0.2, -0.15) is 0 Å². The van der Waals surface area contributed by atoms with Crippen molar-refractivity contribution in [2.24, 2.45) is 5.92 Å². The monoisotopic (exact) mass is 564 g/mol. The minimum Gasteiger partial charge on any atom is -0.495 e. The van der Waals surface area contributed by atoms with E-state index in [0.717, 1.165) is 11.1 Å². The summed E-state index contributed by atoms with van der Waals surface area (Å²) in [6.07, 6.45) is 1.63. The van der Waals surface area contributed by atoms with Crippen LogP contribution in [0.25, 0.3) is 0 Å². The van der Waals surface area contributed by atoms with Gasteiger partial charge in [0.1, 0.15) is 28.6 Å². The Bertz CT molecular complexity index is 1190. The lowest BCUT2D eigenvalue weighted by Crippen LogP contribution is -2.63. The van der Waals surface area contributed by atoms with Gasteiger partial charge in [-0.05, 0) is 38.0 Å². The number of amides is 2. The summed E-state index contributed by atoms with van der Waals surface area (Å²) < 4.78 is 22.4. The quantitative estimate of drug-likeness (QED) is 0.467. The molecule has 10 nitrogen and oxygen atoms in total. The summed E-state index contributed by atoms with van der Waals surface area (Å²) in [7, 11) is 4.56. The summed E-state index contributed by atoms with van der Waals surface area (Å²) >= 11 is 6.58. The second-order valence-electron chi connectivity index (χ2n) is 10.8. The van der Waals surface area contributed by atoms with E-state index in [1.165, 1.54) is 19.1 Å². The molecule has 2 amide bonds. The van der Waals surface area contributed by atoms with Crippen LogP contribution in [0.4, 0.5) is 10.5 Å². The summed E-state index contributed by atoms with van der Waals surface area (Å²) in [4.78, 5) is 27.1. The maximum atomic E-state index is 13.3. The van der Waals surface area contributed by atoms with Crippen LogP contribution in [0.5, 0.6) is 5.75 Å². The van der Waals surface area contributed by atoms with Crippen LogP contribution in [0.3, 0.4) is 0 Å². The molecule has 1 aromatic rings. The molecular formula is C28H37ClN2O8. The molecule has 0 radical (unpaired) electrons. The highest BCUT2D eigenvalue weighted by Crippen LogP contribution is 2.48. The van der Waals surface area contributed by atoms with Gasteiger partial charge in [-0.3, -0.25) is 10.1 Å². The fraction of sp³-hybridized carbons (Fsp3) is 0.571. The van der Waals surface area contributed by atoms with E-state index in [1.54, 1.807) is 26.1 Å². The highest BCUT2D eigenvalue weighted by Gasteiger charge is 2.62. The van der Waals surface area contributed by atoms with Crippen LogP contribution in [-0.4, -0.2) is 79.2 Å².